The van der Waals surface area contributed by atoms with E-state index in [-0.39, 0.29) is 23.5 Å². The molecule has 3 aromatic rings. The highest BCUT2D eigenvalue weighted by atomic mass is 32.2. The predicted molar refractivity (Wildman–Crippen MR) is 117 cm³/mol. The topological polar surface area (TPSA) is 67.2 Å². The van der Waals surface area contributed by atoms with Gasteiger partial charge in [-0.1, -0.05) is 12.1 Å². The van der Waals surface area contributed by atoms with Crippen LogP contribution in [-0.2, 0) is 11.8 Å². The summed E-state index contributed by atoms with van der Waals surface area (Å²) in [5.74, 6) is -0.966. The molecule has 160 valence electrons. The molecule has 4 rings (SSSR count). The molecule has 0 spiro atoms. The van der Waals surface area contributed by atoms with Crippen LogP contribution in [0.3, 0.4) is 0 Å². The third-order valence-electron chi connectivity index (χ3n) is 5.29. The highest BCUT2D eigenvalue weighted by molar-refractivity contribution is 7.99. The number of piperidine rings is 1. The molecule has 0 aliphatic carbocycles. The number of benzene rings is 2. The number of aromatic nitrogens is 2. The van der Waals surface area contributed by atoms with Crippen LogP contribution in [-0.4, -0.2) is 39.4 Å². The van der Waals surface area contributed by atoms with Crippen molar-refractivity contribution < 1.29 is 14.0 Å². The number of nitrogens with one attached hydrogen (secondary N) is 1. The van der Waals surface area contributed by atoms with Gasteiger partial charge in [-0.25, -0.2) is 9.37 Å². The molecule has 1 atom stereocenters. The lowest BCUT2D eigenvalue weighted by molar-refractivity contribution is -0.121. The number of carbonyl (C=O) groups excluding carboxylic acids is 2. The zero-order chi connectivity index (χ0) is 21.8. The summed E-state index contributed by atoms with van der Waals surface area (Å²) in [6.45, 7) is 0.933. The van der Waals surface area contributed by atoms with E-state index in [0.29, 0.717) is 25.1 Å². The van der Waals surface area contributed by atoms with Crippen LogP contribution in [0.4, 0.5) is 10.1 Å². The molecule has 1 saturated heterocycles. The van der Waals surface area contributed by atoms with Gasteiger partial charge in [-0.05, 0) is 61.0 Å². The van der Waals surface area contributed by atoms with Gasteiger partial charge in [0.05, 0.1) is 11.6 Å². The van der Waals surface area contributed by atoms with Gasteiger partial charge in [0.1, 0.15) is 5.82 Å². The fourth-order valence-corrected chi connectivity index (χ4v) is 4.48. The Labute approximate surface area is 184 Å². The van der Waals surface area contributed by atoms with Gasteiger partial charge in [0.2, 0.25) is 5.91 Å². The van der Waals surface area contributed by atoms with Crippen molar-refractivity contribution in [1.82, 2.24) is 14.5 Å². The number of imidazole rings is 1. The largest absolute Gasteiger partial charge is 0.338 e. The summed E-state index contributed by atoms with van der Waals surface area (Å²) in [5, 5.41) is 3.86. The summed E-state index contributed by atoms with van der Waals surface area (Å²) in [5.41, 5.74) is 1.15. The lowest BCUT2D eigenvalue weighted by Crippen LogP contribution is -2.43. The van der Waals surface area contributed by atoms with E-state index >= 15 is 0 Å². The molecule has 8 heteroatoms. The molecule has 1 aliphatic rings. The van der Waals surface area contributed by atoms with E-state index < -0.39 is 0 Å². The Morgan fingerprint density at radius 3 is 2.68 bits per heavy atom. The zero-order valence-electron chi connectivity index (χ0n) is 17.1. The van der Waals surface area contributed by atoms with Crippen LogP contribution in [0, 0.1) is 11.7 Å². The van der Waals surface area contributed by atoms with Crippen LogP contribution in [0.5, 0.6) is 0 Å². The smallest absolute Gasteiger partial charge is 0.253 e. The summed E-state index contributed by atoms with van der Waals surface area (Å²) < 4.78 is 15.1. The van der Waals surface area contributed by atoms with Gasteiger partial charge in [-0.2, -0.15) is 0 Å². The Morgan fingerprint density at radius 1 is 1.16 bits per heavy atom. The van der Waals surface area contributed by atoms with Crippen molar-refractivity contribution in [3.05, 3.63) is 72.3 Å². The van der Waals surface area contributed by atoms with Crippen molar-refractivity contribution in [2.45, 2.75) is 22.9 Å². The molecular formula is C23H23FN4O2S. The standard InChI is InChI=1S/C23H23FN4O2S/c1-27-14-12-25-23(27)31-20-7-3-2-6-19(20)26-21(29)17-5-4-13-28(15-17)22(30)16-8-10-18(24)11-9-16/h2-3,6-12,14,17H,4-5,13,15H2,1H3,(H,26,29). The number of hydrogen-bond donors (Lipinski definition) is 1. The minimum absolute atomic E-state index is 0.107. The highest BCUT2D eigenvalue weighted by Gasteiger charge is 2.29. The Kier molecular flexibility index (Phi) is 6.36. The number of rotatable bonds is 5. The van der Waals surface area contributed by atoms with Crippen LogP contribution < -0.4 is 5.32 Å². The molecule has 1 aliphatic heterocycles. The molecule has 2 amide bonds. The number of halogens is 1. The Balaban J connectivity index is 1.43. The first-order valence-electron chi connectivity index (χ1n) is 10.1. The number of likely N-dealkylation sites (tertiary alicyclic amines) is 1. The second kappa shape index (κ2) is 9.34. The maximum atomic E-state index is 13.2. The number of para-hydroxylation sites is 1. The van der Waals surface area contributed by atoms with E-state index in [0.717, 1.165) is 22.2 Å². The normalized spacial score (nSPS) is 16.2. The van der Waals surface area contributed by atoms with E-state index in [9.17, 15) is 14.0 Å². The minimum Gasteiger partial charge on any atom is -0.338 e. The fourth-order valence-electron chi connectivity index (χ4n) is 3.59. The molecule has 1 unspecified atom stereocenters. The second-order valence-electron chi connectivity index (χ2n) is 7.51. The van der Waals surface area contributed by atoms with E-state index in [1.807, 2.05) is 42.1 Å². The van der Waals surface area contributed by atoms with E-state index in [1.165, 1.54) is 36.0 Å². The maximum Gasteiger partial charge on any atom is 0.253 e. The lowest BCUT2D eigenvalue weighted by atomic mass is 9.96. The highest BCUT2D eigenvalue weighted by Crippen LogP contribution is 2.32. The van der Waals surface area contributed by atoms with Crippen molar-refractivity contribution in [3.63, 3.8) is 0 Å². The van der Waals surface area contributed by atoms with Crippen molar-refractivity contribution in [3.8, 4) is 0 Å². The average molecular weight is 439 g/mol. The fraction of sp³-hybridized carbons (Fsp3) is 0.261. The number of carbonyl (C=O) groups is 2. The summed E-state index contributed by atoms with van der Waals surface area (Å²) in [6.07, 6.45) is 5.07. The molecule has 0 radical (unpaired) electrons. The molecule has 2 heterocycles. The molecule has 6 nitrogen and oxygen atoms in total. The Bertz CT molecular complexity index is 1080. The first-order valence-corrected chi connectivity index (χ1v) is 10.9. The SMILES string of the molecule is Cn1ccnc1Sc1ccccc1NC(=O)C1CCCN(C(=O)c2ccc(F)cc2)C1. The molecule has 31 heavy (non-hydrogen) atoms. The van der Waals surface area contributed by atoms with Gasteiger partial charge in [-0.3, -0.25) is 9.59 Å². The molecule has 1 N–H and O–H groups in total. The van der Waals surface area contributed by atoms with Crippen LogP contribution >= 0.6 is 11.8 Å². The van der Waals surface area contributed by atoms with E-state index in [1.54, 1.807) is 11.1 Å². The number of hydrogen-bond acceptors (Lipinski definition) is 4. The molecular weight excluding hydrogens is 415 g/mol. The third-order valence-corrected chi connectivity index (χ3v) is 6.45. The molecule has 0 bridgehead atoms. The first-order chi connectivity index (χ1) is 15.0. The van der Waals surface area contributed by atoms with Gasteiger partial charge < -0.3 is 14.8 Å². The number of amides is 2. The predicted octanol–water partition coefficient (Wildman–Crippen LogP) is 4.20. The van der Waals surface area contributed by atoms with Gasteiger partial charge in [0.15, 0.2) is 5.16 Å². The maximum absolute atomic E-state index is 13.2. The van der Waals surface area contributed by atoms with Crippen LogP contribution in [0.1, 0.15) is 23.2 Å². The van der Waals surface area contributed by atoms with Crippen molar-refractivity contribution in [2.24, 2.45) is 13.0 Å². The summed E-state index contributed by atoms with van der Waals surface area (Å²) >= 11 is 1.48. The van der Waals surface area contributed by atoms with E-state index in [2.05, 4.69) is 10.3 Å². The van der Waals surface area contributed by atoms with Gasteiger partial charge >= 0.3 is 0 Å². The summed E-state index contributed by atoms with van der Waals surface area (Å²) in [7, 11) is 1.92. The summed E-state index contributed by atoms with van der Waals surface area (Å²) in [4.78, 5) is 32.7. The monoisotopic (exact) mass is 438 g/mol. The van der Waals surface area contributed by atoms with Gasteiger partial charge in [0, 0.05) is 43.0 Å². The van der Waals surface area contributed by atoms with Crippen molar-refractivity contribution in [2.75, 3.05) is 18.4 Å². The van der Waals surface area contributed by atoms with Crippen LogP contribution in [0.15, 0.2) is 71.0 Å². The zero-order valence-corrected chi connectivity index (χ0v) is 17.9. The second-order valence-corrected chi connectivity index (χ2v) is 8.51. The quantitative estimate of drug-likeness (QED) is 0.648. The number of aryl methyl sites for hydroxylation is 1. The molecule has 0 saturated carbocycles. The van der Waals surface area contributed by atoms with Crippen LogP contribution in [0.25, 0.3) is 0 Å². The lowest BCUT2D eigenvalue weighted by Gasteiger charge is -2.32. The Hall–Kier alpha value is -3.13. The molecule has 1 fully saturated rings. The van der Waals surface area contributed by atoms with E-state index in [4.69, 9.17) is 0 Å². The molecule has 1 aromatic heterocycles. The van der Waals surface area contributed by atoms with Crippen molar-refractivity contribution in [1.29, 1.82) is 0 Å². The van der Waals surface area contributed by atoms with Crippen LogP contribution in [0.2, 0.25) is 0 Å². The number of nitrogens with zero attached hydrogens (tertiary/aromatic N) is 3. The third kappa shape index (κ3) is 4.96. The first kappa shape index (κ1) is 21.1. The molecule has 2 aromatic carbocycles. The number of anilines is 1. The minimum atomic E-state index is -0.380. The average Bonchev–Trinajstić information content (AvgIpc) is 3.19. The van der Waals surface area contributed by atoms with Crippen molar-refractivity contribution >= 4 is 29.3 Å². The Morgan fingerprint density at radius 2 is 1.94 bits per heavy atom. The van der Waals surface area contributed by atoms with Gasteiger partial charge in [0.25, 0.3) is 5.91 Å². The van der Waals surface area contributed by atoms with Gasteiger partial charge in [-0.15, -0.1) is 0 Å². The summed E-state index contributed by atoms with van der Waals surface area (Å²) in [6, 6.07) is 13.1.